The van der Waals surface area contributed by atoms with Crippen molar-refractivity contribution < 1.29 is 0 Å². The van der Waals surface area contributed by atoms with Crippen LogP contribution in [0.2, 0.25) is 0 Å². The van der Waals surface area contributed by atoms with Crippen molar-refractivity contribution in [2.75, 3.05) is 11.4 Å². The Balaban J connectivity index is 2.55. The van der Waals surface area contributed by atoms with E-state index in [1.807, 2.05) is 24.3 Å². The number of rotatable bonds is 4. The fraction of sp³-hybridized carbons (Fsp3) is 0.200. The summed E-state index contributed by atoms with van der Waals surface area (Å²) >= 11 is 0. The van der Waals surface area contributed by atoms with Gasteiger partial charge >= 0.3 is 0 Å². The maximum absolute atomic E-state index is 7.65. The Bertz CT molecular complexity index is 592. The Morgan fingerprint density at radius 1 is 1.21 bits per heavy atom. The fourth-order valence-corrected chi connectivity index (χ4v) is 2.16. The number of para-hydroxylation sites is 1. The van der Waals surface area contributed by atoms with Gasteiger partial charge in [0.25, 0.3) is 0 Å². The summed E-state index contributed by atoms with van der Waals surface area (Å²) in [5.74, 6) is -0.0114. The lowest BCUT2D eigenvalue weighted by Crippen LogP contribution is -2.23. The summed E-state index contributed by atoms with van der Waals surface area (Å²) in [5.41, 5.74) is 9.30. The van der Waals surface area contributed by atoms with E-state index in [0.29, 0.717) is 5.69 Å². The third-order valence-electron chi connectivity index (χ3n) is 3.05. The van der Waals surface area contributed by atoms with Crippen LogP contribution in [0.15, 0.2) is 42.6 Å². The summed E-state index contributed by atoms with van der Waals surface area (Å²) in [7, 11) is 0. The lowest BCUT2D eigenvalue weighted by atomic mass is 10.1. The van der Waals surface area contributed by atoms with Gasteiger partial charge in [-0.05, 0) is 37.6 Å². The zero-order chi connectivity index (χ0) is 13.8. The minimum Gasteiger partial charge on any atom is -0.382 e. The first kappa shape index (κ1) is 13.1. The number of anilines is 2. The second-order valence-corrected chi connectivity index (χ2v) is 4.32. The van der Waals surface area contributed by atoms with Crippen LogP contribution in [0.5, 0.6) is 0 Å². The van der Waals surface area contributed by atoms with Gasteiger partial charge in [-0.25, -0.2) is 0 Å². The number of nitrogen functional groups attached to an aromatic ring is 1. The molecule has 0 aliphatic rings. The van der Waals surface area contributed by atoms with Crippen LogP contribution in [-0.2, 0) is 0 Å². The predicted octanol–water partition coefficient (Wildman–Crippen LogP) is 2.83. The molecule has 0 saturated heterocycles. The van der Waals surface area contributed by atoms with Crippen molar-refractivity contribution in [3.63, 3.8) is 0 Å². The Hall–Kier alpha value is -2.36. The van der Waals surface area contributed by atoms with Gasteiger partial charge in [0.05, 0.1) is 5.69 Å². The van der Waals surface area contributed by atoms with Crippen LogP contribution < -0.4 is 10.6 Å². The molecule has 2 aromatic rings. The number of nitrogens with one attached hydrogen (secondary N) is 1. The van der Waals surface area contributed by atoms with E-state index in [1.165, 1.54) is 5.56 Å². The van der Waals surface area contributed by atoms with Gasteiger partial charge < -0.3 is 10.6 Å². The Morgan fingerprint density at radius 3 is 2.53 bits per heavy atom. The molecule has 0 spiro atoms. The highest BCUT2D eigenvalue weighted by Gasteiger charge is 2.15. The maximum Gasteiger partial charge on any atom is 0.143 e. The molecule has 0 aliphatic carbocycles. The van der Waals surface area contributed by atoms with Crippen molar-refractivity contribution in [3.05, 3.63) is 53.9 Å². The maximum atomic E-state index is 7.65. The summed E-state index contributed by atoms with van der Waals surface area (Å²) < 4.78 is 0. The summed E-state index contributed by atoms with van der Waals surface area (Å²) in [5, 5.41) is 7.65. The van der Waals surface area contributed by atoms with Gasteiger partial charge in [-0.2, -0.15) is 0 Å². The molecule has 1 aromatic heterocycles. The average molecular weight is 254 g/mol. The first-order chi connectivity index (χ1) is 9.15. The fourth-order valence-electron chi connectivity index (χ4n) is 2.16. The molecule has 0 unspecified atom stereocenters. The molecule has 98 valence electrons. The van der Waals surface area contributed by atoms with Crippen molar-refractivity contribution >= 4 is 17.2 Å². The molecular weight excluding hydrogens is 236 g/mol. The Kier molecular flexibility index (Phi) is 3.80. The largest absolute Gasteiger partial charge is 0.382 e. The van der Waals surface area contributed by atoms with Crippen molar-refractivity contribution in [2.45, 2.75) is 13.8 Å². The molecule has 0 radical (unpaired) electrons. The van der Waals surface area contributed by atoms with Gasteiger partial charge in [-0.3, -0.25) is 10.4 Å². The highest BCUT2D eigenvalue weighted by molar-refractivity contribution is 5.99. The molecule has 0 saturated carbocycles. The normalized spacial score (nSPS) is 10.2. The SMILES string of the molecule is CCN(c1ccccc1C)c1cccnc1C(=N)N. The number of pyridine rings is 1. The molecule has 0 fully saturated rings. The molecule has 0 bridgehead atoms. The third kappa shape index (κ3) is 2.57. The summed E-state index contributed by atoms with van der Waals surface area (Å²) in [6.07, 6.45) is 1.66. The predicted molar refractivity (Wildman–Crippen MR) is 79.1 cm³/mol. The van der Waals surface area contributed by atoms with Crippen molar-refractivity contribution in [1.82, 2.24) is 4.98 Å². The Labute approximate surface area is 113 Å². The zero-order valence-electron chi connectivity index (χ0n) is 11.2. The summed E-state index contributed by atoms with van der Waals surface area (Å²) in [6, 6.07) is 12.0. The second-order valence-electron chi connectivity index (χ2n) is 4.32. The molecule has 1 aromatic carbocycles. The van der Waals surface area contributed by atoms with Gasteiger partial charge in [0.15, 0.2) is 0 Å². The van der Waals surface area contributed by atoms with Crippen LogP contribution in [0.1, 0.15) is 18.2 Å². The van der Waals surface area contributed by atoms with E-state index in [9.17, 15) is 0 Å². The minimum absolute atomic E-state index is 0.0114. The molecule has 19 heavy (non-hydrogen) atoms. The smallest absolute Gasteiger partial charge is 0.143 e. The van der Waals surface area contributed by atoms with Gasteiger partial charge in [-0.1, -0.05) is 18.2 Å². The van der Waals surface area contributed by atoms with E-state index >= 15 is 0 Å². The van der Waals surface area contributed by atoms with Crippen LogP contribution in [0.4, 0.5) is 11.4 Å². The van der Waals surface area contributed by atoms with Crippen LogP contribution >= 0.6 is 0 Å². The number of aryl methyl sites for hydroxylation is 1. The van der Waals surface area contributed by atoms with Crippen molar-refractivity contribution in [1.29, 1.82) is 5.41 Å². The first-order valence-corrected chi connectivity index (χ1v) is 6.27. The van der Waals surface area contributed by atoms with Crippen LogP contribution in [-0.4, -0.2) is 17.4 Å². The van der Waals surface area contributed by atoms with E-state index in [2.05, 4.69) is 35.9 Å². The molecule has 2 rings (SSSR count). The van der Waals surface area contributed by atoms with E-state index < -0.39 is 0 Å². The molecular formula is C15H18N4. The van der Waals surface area contributed by atoms with E-state index in [0.717, 1.165) is 17.9 Å². The molecule has 3 N–H and O–H groups in total. The molecule has 4 heteroatoms. The highest BCUT2D eigenvalue weighted by atomic mass is 15.1. The third-order valence-corrected chi connectivity index (χ3v) is 3.05. The zero-order valence-corrected chi connectivity index (χ0v) is 11.2. The lowest BCUT2D eigenvalue weighted by molar-refractivity contribution is 1.00. The van der Waals surface area contributed by atoms with Gasteiger partial charge in [0.1, 0.15) is 11.5 Å². The minimum atomic E-state index is -0.0114. The molecule has 0 amide bonds. The van der Waals surface area contributed by atoms with Gasteiger partial charge in [0.2, 0.25) is 0 Å². The van der Waals surface area contributed by atoms with Crippen LogP contribution in [0, 0.1) is 12.3 Å². The molecule has 0 aliphatic heterocycles. The van der Waals surface area contributed by atoms with E-state index in [1.54, 1.807) is 6.20 Å². The number of hydrogen-bond acceptors (Lipinski definition) is 3. The summed E-state index contributed by atoms with van der Waals surface area (Å²) in [6.45, 7) is 4.93. The number of nitrogens with zero attached hydrogens (tertiary/aromatic N) is 2. The van der Waals surface area contributed by atoms with Crippen molar-refractivity contribution in [2.24, 2.45) is 5.73 Å². The highest BCUT2D eigenvalue weighted by Crippen LogP contribution is 2.29. The summed E-state index contributed by atoms with van der Waals surface area (Å²) in [4.78, 5) is 6.34. The van der Waals surface area contributed by atoms with Gasteiger partial charge in [-0.15, -0.1) is 0 Å². The van der Waals surface area contributed by atoms with Crippen LogP contribution in [0.25, 0.3) is 0 Å². The van der Waals surface area contributed by atoms with Gasteiger partial charge in [0, 0.05) is 18.4 Å². The monoisotopic (exact) mass is 254 g/mol. The first-order valence-electron chi connectivity index (χ1n) is 6.27. The topological polar surface area (TPSA) is 66.0 Å². The molecule has 4 nitrogen and oxygen atoms in total. The molecule has 0 atom stereocenters. The average Bonchev–Trinajstić information content (AvgIpc) is 2.42. The standard InChI is InChI=1S/C15H18N4/c1-3-19(12-8-5-4-7-11(12)2)13-9-6-10-18-14(13)15(16)17/h4-10H,3H2,1-2H3,(H3,16,17). The quantitative estimate of drug-likeness (QED) is 0.651. The van der Waals surface area contributed by atoms with E-state index in [4.69, 9.17) is 11.1 Å². The Morgan fingerprint density at radius 2 is 1.89 bits per heavy atom. The molecule has 1 heterocycles. The second kappa shape index (κ2) is 5.52. The number of aromatic nitrogens is 1. The number of benzene rings is 1. The lowest BCUT2D eigenvalue weighted by Gasteiger charge is -2.26. The van der Waals surface area contributed by atoms with E-state index in [-0.39, 0.29) is 5.84 Å². The van der Waals surface area contributed by atoms with Crippen LogP contribution in [0.3, 0.4) is 0 Å². The van der Waals surface area contributed by atoms with Crippen molar-refractivity contribution in [3.8, 4) is 0 Å². The number of hydrogen-bond donors (Lipinski definition) is 2. The number of amidine groups is 1. The number of nitrogens with two attached hydrogens (primary N) is 1.